The Labute approximate surface area is 127 Å². The van der Waals surface area contributed by atoms with Crippen molar-refractivity contribution in [2.45, 2.75) is 25.4 Å². The number of hydrogen-bond acceptors (Lipinski definition) is 3. The highest BCUT2D eigenvalue weighted by Gasteiger charge is 2.23. The van der Waals surface area contributed by atoms with E-state index in [0.717, 1.165) is 36.3 Å². The zero-order valence-corrected chi connectivity index (χ0v) is 13.0. The molecule has 1 aromatic carbocycles. The zero-order chi connectivity index (χ0) is 13.9. The molecule has 2 N–H and O–H groups in total. The lowest BCUT2D eigenvalue weighted by atomic mass is 10.0. The average Bonchev–Trinajstić information content (AvgIpc) is 2.80. The molecule has 20 heavy (non-hydrogen) atoms. The third-order valence-corrected chi connectivity index (χ3v) is 4.47. The molecule has 2 aromatic rings. The van der Waals surface area contributed by atoms with Crippen molar-refractivity contribution in [2.24, 2.45) is 0 Å². The van der Waals surface area contributed by atoms with E-state index >= 15 is 0 Å². The van der Waals surface area contributed by atoms with Crippen LogP contribution in [0.25, 0.3) is 0 Å². The lowest BCUT2D eigenvalue weighted by molar-refractivity contribution is 0.164. The van der Waals surface area contributed by atoms with E-state index in [1.807, 2.05) is 4.68 Å². The van der Waals surface area contributed by atoms with Crippen molar-refractivity contribution in [1.82, 2.24) is 14.7 Å². The van der Waals surface area contributed by atoms with Gasteiger partial charge >= 0.3 is 0 Å². The van der Waals surface area contributed by atoms with Crippen molar-refractivity contribution in [1.29, 1.82) is 0 Å². The van der Waals surface area contributed by atoms with Gasteiger partial charge < -0.3 is 5.73 Å². The fraction of sp³-hybridized carbons (Fsp3) is 0.400. The van der Waals surface area contributed by atoms with Crippen molar-refractivity contribution in [2.75, 3.05) is 18.8 Å². The summed E-state index contributed by atoms with van der Waals surface area (Å²) in [6.45, 7) is 3.15. The van der Waals surface area contributed by atoms with Gasteiger partial charge in [0.15, 0.2) is 0 Å². The standard InChI is InChI=1S/C15H19BrN4/c16-14-9-18-20(15(14)17)13-7-4-8-19(11-13)10-12-5-2-1-3-6-12/h1-3,5-6,9,13H,4,7-8,10-11,17H2. The zero-order valence-electron chi connectivity index (χ0n) is 11.4. The summed E-state index contributed by atoms with van der Waals surface area (Å²) < 4.78 is 2.85. The van der Waals surface area contributed by atoms with Gasteiger partial charge in [0.25, 0.3) is 0 Å². The Morgan fingerprint density at radius 1 is 1.30 bits per heavy atom. The van der Waals surface area contributed by atoms with Crippen LogP contribution in [0.2, 0.25) is 0 Å². The summed E-state index contributed by atoms with van der Waals surface area (Å²) in [6, 6.07) is 11.0. The minimum Gasteiger partial charge on any atom is -0.383 e. The number of nitrogens with zero attached hydrogens (tertiary/aromatic N) is 3. The molecule has 5 heteroatoms. The van der Waals surface area contributed by atoms with Crippen LogP contribution in [-0.4, -0.2) is 27.8 Å². The maximum atomic E-state index is 6.07. The van der Waals surface area contributed by atoms with Crippen LogP contribution in [0.15, 0.2) is 41.0 Å². The van der Waals surface area contributed by atoms with Gasteiger partial charge in [-0.15, -0.1) is 0 Å². The first-order chi connectivity index (χ1) is 9.74. The fourth-order valence-electron chi connectivity index (χ4n) is 2.86. The van der Waals surface area contributed by atoms with E-state index < -0.39 is 0 Å². The Balaban J connectivity index is 1.69. The molecule has 0 spiro atoms. The first kappa shape index (κ1) is 13.6. The molecule has 1 atom stereocenters. The number of nitrogen functional groups attached to an aromatic ring is 1. The third kappa shape index (κ3) is 2.88. The van der Waals surface area contributed by atoms with E-state index in [9.17, 15) is 0 Å². The van der Waals surface area contributed by atoms with Gasteiger partial charge in [-0.25, -0.2) is 4.68 Å². The second-order valence-corrected chi connectivity index (χ2v) is 6.19. The second kappa shape index (κ2) is 5.97. The van der Waals surface area contributed by atoms with Crippen LogP contribution in [0.4, 0.5) is 5.82 Å². The van der Waals surface area contributed by atoms with E-state index in [2.05, 4.69) is 56.3 Å². The molecular formula is C15H19BrN4. The Bertz CT molecular complexity index is 567. The van der Waals surface area contributed by atoms with Crippen molar-refractivity contribution in [3.8, 4) is 0 Å². The lowest BCUT2D eigenvalue weighted by Gasteiger charge is -2.33. The first-order valence-electron chi connectivity index (χ1n) is 6.99. The molecule has 1 saturated heterocycles. The molecule has 0 saturated carbocycles. The number of rotatable bonds is 3. The summed E-state index contributed by atoms with van der Waals surface area (Å²) in [5, 5.41) is 4.40. The smallest absolute Gasteiger partial charge is 0.136 e. The van der Waals surface area contributed by atoms with Crippen molar-refractivity contribution < 1.29 is 0 Å². The van der Waals surface area contributed by atoms with Gasteiger partial charge in [0.1, 0.15) is 5.82 Å². The minimum absolute atomic E-state index is 0.374. The molecule has 1 fully saturated rings. The van der Waals surface area contributed by atoms with E-state index in [0.29, 0.717) is 6.04 Å². The summed E-state index contributed by atoms with van der Waals surface area (Å²) >= 11 is 3.43. The summed E-state index contributed by atoms with van der Waals surface area (Å²) in [4.78, 5) is 2.48. The Morgan fingerprint density at radius 2 is 2.10 bits per heavy atom. The largest absolute Gasteiger partial charge is 0.383 e. The highest BCUT2D eigenvalue weighted by molar-refractivity contribution is 9.10. The van der Waals surface area contributed by atoms with Crippen LogP contribution >= 0.6 is 15.9 Å². The van der Waals surface area contributed by atoms with Crippen LogP contribution in [0.3, 0.4) is 0 Å². The number of piperidine rings is 1. The van der Waals surface area contributed by atoms with Gasteiger partial charge in [0.2, 0.25) is 0 Å². The van der Waals surface area contributed by atoms with Gasteiger partial charge in [0.05, 0.1) is 16.7 Å². The summed E-state index contributed by atoms with van der Waals surface area (Å²) in [6.07, 6.45) is 4.11. The van der Waals surface area contributed by atoms with Crippen LogP contribution < -0.4 is 5.73 Å². The van der Waals surface area contributed by atoms with Crippen LogP contribution in [0.5, 0.6) is 0 Å². The highest BCUT2D eigenvalue weighted by atomic mass is 79.9. The third-order valence-electron chi connectivity index (χ3n) is 3.86. The van der Waals surface area contributed by atoms with Gasteiger partial charge in [-0.2, -0.15) is 5.10 Å². The van der Waals surface area contributed by atoms with E-state index in [1.54, 1.807) is 6.20 Å². The van der Waals surface area contributed by atoms with Gasteiger partial charge in [-0.05, 0) is 40.9 Å². The number of hydrogen-bond donors (Lipinski definition) is 1. The Kier molecular flexibility index (Phi) is 4.08. The maximum Gasteiger partial charge on any atom is 0.136 e. The average molecular weight is 335 g/mol. The van der Waals surface area contributed by atoms with Crippen LogP contribution in [0.1, 0.15) is 24.4 Å². The predicted octanol–water partition coefficient (Wildman–Crippen LogP) is 3.06. The van der Waals surface area contributed by atoms with Crippen molar-refractivity contribution >= 4 is 21.7 Å². The van der Waals surface area contributed by atoms with Gasteiger partial charge in [-0.3, -0.25) is 4.90 Å². The van der Waals surface area contributed by atoms with Crippen molar-refractivity contribution in [3.63, 3.8) is 0 Å². The first-order valence-corrected chi connectivity index (χ1v) is 7.78. The SMILES string of the molecule is Nc1c(Br)cnn1C1CCCN(Cc2ccccc2)C1. The van der Waals surface area contributed by atoms with Crippen LogP contribution in [-0.2, 0) is 6.54 Å². The molecule has 0 bridgehead atoms. The summed E-state index contributed by atoms with van der Waals surface area (Å²) in [5.74, 6) is 0.733. The maximum absolute atomic E-state index is 6.07. The van der Waals surface area contributed by atoms with Crippen molar-refractivity contribution in [3.05, 3.63) is 46.6 Å². The number of halogens is 1. The number of aromatic nitrogens is 2. The van der Waals surface area contributed by atoms with E-state index in [1.165, 1.54) is 12.0 Å². The molecular weight excluding hydrogens is 316 g/mol. The quantitative estimate of drug-likeness (QED) is 0.938. The monoisotopic (exact) mass is 334 g/mol. The van der Waals surface area contributed by atoms with E-state index in [4.69, 9.17) is 5.73 Å². The molecule has 1 aromatic heterocycles. The number of anilines is 1. The highest BCUT2D eigenvalue weighted by Crippen LogP contribution is 2.28. The Hall–Kier alpha value is -1.33. The number of nitrogens with two attached hydrogens (primary N) is 1. The Morgan fingerprint density at radius 3 is 2.80 bits per heavy atom. The number of benzene rings is 1. The molecule has 4 nitrogen and oxygen atoms in total. The summed E-state index contributed by atoms with van der Waals surface area (Å²) in [5.41, 5.74) is 7.43. The normalized spacial score (nSPS) is 20.1. The molecule has 1 unspecified atom stereocenters. The lowest BCUT2D eigenvalue weighted by Crippen LogP contribution is -2.36. The fourth-order valence-corrected chi connectivity index (χ4v) is 3.13. The van der Waals surface area contributed by atoms with E-state index in [-0.39, 0.29) is 0 Å². The topological polar surface area (TPSA) is 47.1 Å². The minimum atomic E-state index is 0.374. The molecule has 0 radical (unpaired) electrons. The molecule has 1 aliphatic heterocycles. The van der Waals surface area contributed by atoms with Gasteiger partial charge in [-0.1, -0.05) is 30.3 Å². The molecule has 0 amide bonds. The number of likely N-dealkylation sites (tertiary alicyclic amines) is 1. The van der Waals surface area contributed by atoms with Gasteiger partial charge in [0, 0.05) is 13.1 Å². The van der Waals surface area contributed by atoms with Crippen LogP contribution in [0, 0.1) is 0 Å². The molecule has 0 aliphatic carbocycles. The predicted molar refractivity (Wildman–Crippen MR) is 84.3 cm³/mol. The second-order valence-electron chi connectivity index (χ2n) is 5.34. The summed E-state index contributed by atoms with van der Waals surface area (Å²) in [7, 11) is 0. The molecule has 106 valence electrons. The molecule has 2 heterocycles. The molecule has 1 aliphatic rings. The molecule has 3 rings (SSSR count).